The third-order valence-electron chi connectivity index (χ3n) is 6.96. The smallest absolute Gasteiger partial charge is 0.0916 e. The van der Waals surface area contributed by atoms with Crippen LogP contribution in [0.25, 0.3) is 0 Å². The highest BCUT2D eigenvalue weighted by molar-refractivity contribution is 9.10. The topological polar surface area (TPSA) is 26.7 Å². The number of hydrogen-bond donors (Lipinski definition) is 1. The van der Waals surface area contributed by atoms with Crippen molar-refractivity contribution >= 4 is 78.3 Å². The van der Waals surface area contributed by atoms with E-state index in [0.717, 1.165) is 38.2 Å². The SMILES string of the molecule is CN(Cc1ccc(Cl)cc1Cl)CC(O)c1ccc(Br)cc1.CN1Cc2c(Cl)cc(Cl)cc2C(c2ccc(Br)cc2)C1. The van der Waals surface area contributed by atoms with E-state index >= 15 is 0 Å². The number of hydrogen-bond acceptors (Lipinski definition) is 3. The summed E-state index contributed by atoms with van der Waals surface area (Å²) in [6.45, 7) is 3.04. The predicted molar refractivity (Wildman–Crippen MR) is 181 cm³/mol. The molecule has 0 aromatic heterocycles. The summed E-state index contributed by atoms with van der Waals surface area (Å²) in [5.41, 5.74) is 5.62. The molecule has 1 aliphatic rings. The maximum atomic E-state index is 10.3. The minimum absolute atomic E-state index is 0.313. The lowest BCUT2D eigenvalue weighted by Crippen LogP contribution is -2.31. The van der Waals surface area contributed by atoms with Crippen LogP contribution >= 0.6 is 78.3 Å². The fourth-order valence-electron chi connectivity index (χ4n) is 4.92. The van der Waals surface area contributed by atoms with Crippen LogP contribution in [0, 0.1) is 0 Å². The molecule has 0 bridgehead atoms. The molecule has 0 fully saturated rings. The predicted octanol–water partition coefficient (Wildman–Crippen LogP) is 10.3. The van der Waals surface area contributed by atoms with E-state index in [0.29, 0.717) is 34.1 Å². The zero-order chi connectivity index (χ0) is 29.7. The first-order chi connectivity index (χ1) is 19.5. The molecule has 0 radical (unpaired) electrons. The molecule has 0 saturated carbocycles. The molecule has 9 heteroatoms. The van der Waals surface area contributed by atoms with Gasteiger partial charge in [-0.15, -0.1) is 0 Å². The molecule has 2 unspecified atom stereocenters. The number of halogens is 6. The first kappa shape index (κ1) is 32.8. The van der Waals surface area contributed by atoms with Gasteiger partial charge in [0.2, 0.25) is 0 Å². The third-order valence-corrected chi connectivity index (χ3v) is 9.16. The highest BCUT2D eigenvalue weighted by Crippen LogP contribution is 2.38. The molecule has 2 atom stereocenters. The van der Waals surface area contributed by atoms with E-state index in [2.05, 4.69) is 74.1 Å². The second-order valence-corrected chi connectivity index (χ2v) is 13.8. The van der Waals surface area contributed by atoms with Gasteiger partial charge in [0, 0.05) is 61.1 Å². The van der Waals surface area contributed by atoms with E-state index in [9.17, 15) is 5.11 Å². The lowest BCUT2D eigenvalue weighted by atomic mass is 9.85. The second kappa shape index (κ2) is 15.1. The molecule has 5 rings (SSSR count). The number of nitrogens with zero attached hydrogens (tertiary/aromatic N) is 2. The van der Waals surface area contributed by atoms with Crippen LogP contribution in [0.2, 0.25) is 20.1 Å². The van der Waals surface area contributed by atoms with Gasteiger partial charge < -0.3 is 10.0 Å². The van der Waals surface area contributed by atoms with Gasteiger partial charge in [0.05, 0.1) is 6.10 Å². The van der Waals surface area contributed by atoms with Crippen LogP contribution < -0.4 is 0 Å². The molecule has 0 saturated heterocycles. The van der Waals surface area contributed by atoms with E-state index in [1.54, 1.807) is 6.07 Å². The maximum absolute atomic E-state index is 10.3. The highest BCUT2D eigenvalue weighted by atomic mass is 79.9. The monoisotopic (exact) mass is 756 g/mol. The average molecular weight is 760 g/mol. The number of benzene rings is 4. The number of likely N-dealkylation sites (N-methyl/N-ethyl adjacent to an activating group) is 2. The number of fused-ring (bicyclic) bond motifs is 1. The van der Waals surface area contributed by atoms with E-state index in [1.165, 1.54) is 16.7 Å². The number of aliphatic hydroxyl groups is 1. The average Bonchev–Trinajstić information content (AvgIpc) is 2.91. The number of rotatable bonds is 6. The molecule has 4 aromatic rings. The summed E-state index contributed by atoms with van der Waals surface area (Å²) < 4.78 is 2.09. The largest absolute Gasteiger partial charge is 0.387 e. The van der Waals surface area contributed by atoms with Crippen LogP contribution in [0.4, 0.5) is 0 Å². The summed E-state index contributed by atoms with van der Waals surface area (Å²) in [7, 11) is 4.08. The Bertz CT molecular complexity index is 1470. The molecule has 41 heavy (non-hydrogen) atoms. The van der Waals surface area contributed by atoms with Gasteiger partial charge in [0.1, 0.15) is 0 Å². The molecule has 1 aliphatic heterocycles. The molecule has 0 aliphatic carbocycles. The van der Waals surface area contributed by atoms with Crippen molar-refractivity contribution < 1.29 is 5.11 Å². The Hall–Kier alpha value is -1.12. The first-order valence-electron chi connectivity index (χ1n) is 13.0. The maximum Gasteiger partial charge on any atom is 0.0916 e. The Morgan fingerprint density at radius 1 is 0.854 bits per heavy atom. The van der Waals surface area contributed by atoms with Crippen molar-refractivity contribution in [2.45, 2.75) is 25.1 Å². The van der Waals surface area contributed by atoms with Crippen molar-refractivity contribution in [1.82, 2.24) is 9.80 Å². The van der Waals surface area contributed by atoms with Crippen LogP contribution in [0.1, 0.15) is 39.8 Å². The molecule has 3 nitrogen and oxygen atoms in total. The standard InChI is InChI=1S/C16H16BrCl2NO.C16H14BrCl2N/c1-20(9-12-4-7-14(18)8-15(12)19)10-16(21)11-2-5-13(17)6-3-11;1-20-8-14(10-2-4-11(17)5-3-10)13-6-12(18)7-16(19)15(13)9-20/h2-8,16,21H,9-10H2,1H3;2-7,14H,8-9H2,1H3. The summed E-state index contributed by atoms with van der Waals surface area (Å²) in [4.78, 5) is 4.33. The Morgan fingerprint density at radius 2 is 1.46 bits per heavy atom. The summed E-state index contributed by atoms with van der Waals surface area (Å²) in [6.07, 6.45) is -0.533. The first-order valence-corrected chi connectivity index (χ1v) is 16.1. The molecule has 0 amide bonds. The van der Waals surface area contributed by atoms with Gasteiger partial charge in [-0.25, -0.2) is 0 Å². The molecule has 1 heterocycles. The lowest BCUT2D eigenvalue weighted by molar-refractivity contribution is 0.124. The van der Waals surface area contributed by atoms with Crippen LogP contribution in [0.15, 0.2) is 87.8 Å². The molecular weight excluding hydrogens is 730 g/mol. The Kier molecular flexibility index (Phi) is 12.0. The van der Waals surface area contributed by atoms with Gasteiger partial charge in [-0.05, 0) is 90.4 Å². The van der Waals surface area contributed by atoms with Crippen molar-refractivity contribution in [2.75, 3.05) is 27.2 Å². The van der Waals surface area contributed by atoms with Crippen LogP contribution in [-0.2, 0) is 13.1 Å². The highest BCUT2D eigenvalue weighted by Gasteiger charge is 2.27. The van der Waals surface area contributed by atoms with Gasteiger partial charge in [-0.1, -0.05) is 109 Å². The quantitative estimate of drug-likeness (QED) is 0.212. The van der Waals surface area contributed by atoms with Crippen molar-refractivity contribution in [3.05, 3.63) is 136 Å². The van der Waals surface area contributed by atoms with Crippen LogP contribution in [0.5, 0.6) is 0 Å². The van der Waals surface area contributed by atoms with Crippen molar-refractivity contribution in [1.29, 1.82) is 0 Å². The molecular formula is C32H30Br2Cl4N2O. The molecule has 216 valence electrons. The van der Waals surface area contributed by atoms with Crippen LogP contribution in [-0.4, -0.2) is 42.1 Å². The van der Waals surface area contributed by atoms with Gasteiger partial charge in [-0.2, -0.15) is 0 Å². The normalized spacial score (nSPS) is 15.7. The molecule has 1 N–H and O–H groups in total. The fraction of sp³-hybridized carbons (Fsp3) is 0.250. The van der Waals surface area contributed by atoms with Gasteiger partial charge in [-0.3, -0.25) is 4.90 Å². The second-order valence-electron chi connectivity index (χ2n) is 10.3. The Balaban J connectivity index is 0.000000189. The summed E-state index contributed by atoms with van der Waals surface area (Å²) >= 11 is 31.5. The van der Waals surface area contributed by atoms with Crippen molar-refractivity contribution in [2.24, 2.45) is 0 Å². The summed E-state index contributed by atoms with van der Waals surface area (Å²) in [5, 5.41) is 13.0. The minimum Gasteiger partial charge on any atom is -0.387 e. The van der Waals surface area contributed by atoms with E-state index in [4.69, 9.17) is 46.4 Å². The zero-order valence-electron chi connectivity index (χ0n) is 22.6. The lowest BCUT2D eigenvalue weighted by Gasteiger charge is -2.33. The summed E-state index contributed by atoms with van der Waals surface area (Å²) in [6, 6.07) is 25.5. The van der Waals surface area contributed by atoms with Crippen molar-refractivity contribution in [3.8, 4) is 0 Å². The summed E-state index contributed by atoms with van der Waals surface area (Å²) in [5.74, 6) is 0.313. The molecule has 0 spiro atoms. The van der Waals surface area contributed by atoms with E-state index in [1.807, 2.05) is 54.4 Å². The molecule has 4 aromatic carbocycles. The minimum atomic E-state index is -0.533. The third kappa shape index (κ3) is 9.18. The van der Waals surface area contributed by atoms with E-state index in [-0.39, 0.29) is 0 Å². The van der Waals surface area contributed by atoms with Gasteiger partial charge in [0.25, 0.3) is 0 Å². The van der Waals surface area contributed by atoms with Crippen molar-refractivity contribution in [3.63, 3.8) is 0 Å². The Labute approximate surface area is 279 Å². The Morgan fingerprint density at radius 3 is 2.10 bits per heavy atom. The fourth-order valence-corrected chi connectivity index (χ4v) is 6.48. The van der Waals surface area contributed by atoms with Gasteiger partial charge >= 0.3 is 0 Å². The van der Waals surface area contributed by atoms with E-state index < -0.39 is 6.10 Å². The van der Waals surface area contributed by atoms with Gasteiger partial charge in [0.15, 0.2) is 0 Å². The van der Waals surface area contributed by atoms with Crippen LogP contribution in [0.3, 0.4) is 0 Å². The number of aliphatic hydroxyl groups excluding tert-OH is 1. The zero-order valence-corrected chi connectivity index (χ0v) is 28.8.